The summed E-state index contributed by atoms with van der Waals surface area (Å²) in [6.45, 7) is 2.05. The maximum Gasteiger partial charge on any atom is 0.513 e. The first-order chi connectivity index (χ1) is 13.6. The van der Waals surface area contributed by atoms with Gasteiger partial charge >= 0.3 is 6.16 Å². The Hall–Kier alpha value is -3.53. The molecular weight excluding hydrogens is 352 g/mol. The van der Waals surface area contributed by atoms with Crippen molar-refractivity contribution in [2.75, 3.05) is 14.2 Å². The van der Waals surface area contributed by atoms with E-state index in [1.54, 1.807) is 7.11 Å². The lowest BCUT2D eigenvalue weighted by Crippen LogP contribution is -2.08. The zero-order valence-corrected chi connectivity index (χ0v) is 16.0. The van der Waals surface area contributed by atoms with Crippen molar-refractivity contribution >= 4 is 27.7 Å². The Bertz CT molecular complexity index is 1190. The van der Waals surface area contributed by atoms with E-state index in [9.17, 15) is 4.79 Å². The van der Waals surface area contributed by atoms with Crippen molar-refractivity contribution in [3.63, 3.8) is 0 Å². The van der Waals surface area contributed by atoms with Crippen LogP contribution in [-0.4, -0.2) is 20.4 Å². The Balaban J connectivity index is 2.13. The molecule has 0 N–H and O–H groups in total. The first-order valence-corrected chi connectivity index (χ1v) is 8.97. The van der Waals surface area contributed by atoms with Crippen LogP contribution >= 0.6 is 0 Å². The quantitative estimate of drug-likeness (QED) is 0.247. The molecule has 4 nitrogen and oxygen atoms in total. The maximum atomic E-state index is 12.0. The number of carbonyl (C=O) groups excluding carboxylic acids is 1. The third-order valence-corrected chi connectivity index (χ3v) is 4.90. The van der Waals surface area contributed by atoms with E-state index in [0.29, 0.717) is 5.75 Å². The Labute approximate surface area is 163 Å². The minimum atomic E-state index is -0.740. The molecule has 0 bridgehead atoms. The van der Waals surface area contributed by atoms with Gasteiger partial charge in [0.05, 0.1) is 14.2 Å². The van der Waals surface area contributed by atoms with Gasteiger partial charge in [0.2, 0.25) is 0 Å². The number of carbonyl (C=O) groups is 1. The summed E-state index contributed by atoms with van der Waals surface area (Å²) < 4.78 is 15.9. The fourth-order valence-corrected chi connectivity index (χ4v) is 3.60. The van der Waals surface area contributed by atoms with Crippen molar-refractivity contribution in [3.8, 4) is 22.6 Å². The summed E-state index contributed by atoms with van der Waals surface area (Å²) in [6.07, 6.45) is -0.740. The molecule has 0 spiro atoms. The first-order valence-electron chi connectivity index (χ1n) is 8.97. The van der Waals surface area contributed by atoms with Crippen LogP contribution in [0.2, 0.25) is 0 Å². The average molecular weight is 372 g/mol. The van der Waals surface area contributed by atoms with Gasteiger partial charge in [0.15, 0.2) is 5.75 Å². The second-order valence-electron chi connectivity index (χ2n) is 6.57. The minimum absolute atomic E-state index is 0.501. The monoisotopic (exact) mass is 372 g/mol. The van der Waals surface area contributed by atoms with Gasteiger partial charge < -0.3 is 14.2 Å². The van der Waals surface area contributed by atoms with E-state index in [-0.39, 0.29) is 0 Å². The number of methoxy groups -OCH3 is 2. The SMILES string of the molecule is COC(=O)Oc1c2ccccc2cc2ccc(C)c(-c3cccc(OC)c3)c12. The molecule has 0 amide bonds. The normalized spacial score (nSPS) is 10.8. The number of aryl methyl sites for hydroxylation is 1. The summed E-state index contributed by atoms with van der Waals surface area (Å²) in [5, 5.41) is 3.71. The van der Waals surface area contributed by atoms with E-state index in [2.05, 4.69) is 12.1 Å². The van der Waals surface area contributed by atoms with Crippen LogP contribution in [-0.2, 0) is 4.74 Å². The second-order valence-corrected chi connectivity index (χ2v) is 6.57. The van der Waals surface area contributed by atoms with E-state index in [1.165, 1.54) is 7.11 Å². The largest absolute Gasteiger partial charge is 0.513 e. The van der Waals surface area contributed by atoms with Crippen LogP contribution in [0.15, 0.2) is 66.7 Å². The van der Waals surface area contributed by atoms with Gasteiger partial charge in [-0.05, 0) is 52.6 Å². The molecule has 0 unspecified atom stereocenters. The smallest absolute Gasteiger partial charge is 0.497 e. The highest BCUT2D eigenvalue weighted by atomic mass is 16.7. The maximum absolute atomic E-state index is 12.0. The van der Waals surface area contributed by atoms with Crippen molar-refractivity contribution in [3.05, 3.63) is 72.3 Å². The summed E-state index contributed by atoms with van der Waals surface area (Å²) in [5.74, 6) is 1.27. The van der Waals surface area contributed by atoms with Crippen LogP contribution in [0.5, 0.6) is 11.5 Å². The van der Waals surface area contributed by atoms with Gasteiger partial charge in [0.1, 0.15) is 5.75 Å². The Kier molecular flexibility index (Phi) is 4.62. The van der Waals surface area contributed by atoms with Crippen molar-refractivity contribution in [2.24, 2.45) is 0 Å². The highest BCUT2D eigenvalue weighted by Gasteiger charge is 2.18. The van der Waals surface area contributed by atoms with Gasteiger partial charge in [-0.3, -0.25) is 0 Å². The molecule has 0 aliphatic heterocycles. The van der Waals surface area contributed by atoms with E-state index in [1.807, 2.05) is 61.5 Å². The van der Waals surface area contributed by atoms with Gasteiger partial charge in [-0.25, -0.2) is 4.79 Å². The van der Waals surface area contributed by atoms with Crippen LogP contribution < -0.4 is 9.47 Å². The topological polar surface area (TPSA) is 44.8 Å². The first kappa shape index (κ1) is 17.9. The summed E-state index contributed by atoms with van der Waals surface area (Å²) in [4.78, 5) is 12.0. The van der Waals surface area contributed by atoms with Crippen molar-refractivity contribution in [2.45, 2.75) is 6.92 Å². The predicted octanol–water partition coefficient (Wildman–Crippen LogP) is 6.12. The molecular formula is C24H20O4. The second kappa shape index (κ2) is 7.24. The van der Waals surface area contributed by atoms with Crippen LogP contribution in [0.3, 0.4) is 0 Å². The molecule has 4 aromatic carbocycles. The molecule has 0 fully saturated rings. The molecule has 0 saturated carbocycles. The van der Waals surface area contributed by atoms with Crippen LogP contribution in [0.25, 0.3) is 32.7 Å². The van der Waals surface area contributed by atoms with E-state index in [4.69, 9.17) is 14.2 Å². The van der Waals surface area contributed by atoms with E-state index >= 15 is 0 Å². The molecule has 0 aliphatic carbocycles. The fraction of sp³-hybridized carbons (Fsp3) is 0.125. The molecule has 0 aliphatic rings. The van der Waals surface area contributed by atoms with Gasteiger partial charge in [-0.1, -0.05) is 48.5 Å². The molecule has 0 atom stereocenters. The van der Waals surface area contributed by atoms with E-state index < -0.39 is 6.16 Å². The third-order valence-electron chi connectivity index (χ3n) is 4.90. The number of benzene rings is 4. The Morgan fingerprint density at radius 2 is 1.68 bits per heavy atom. The van der Waals surface area contributed by atoms with E-state index in [0.717, 1.165) is 44.0 Å². The number of ether oxygens (including phenoxy) is 3. The molecule has 0 radical (unpaired) electrons. The Morgan fingerprint density at radius 3 is 2.46 bits per heavy atom. The lowest BCUT2D eigenvalue weighted by molar-refractivity contribution is 0.122. The standard InChI is InChI=1S/C24H20O4/c1-15-11-12-18-13-16-7-4-5-10-20(16)23(28-24(25)27-3)22(18)21(15)17-8-6-9-19(14-17)26-2/h4-14H,1-3H3. The third kappa shape index (κ3) is 3.03. The van der Waals surface area contributed by atoms with Crippen molar-refractivity contribution < 1.29 is 19.0 Å². The lowest BCUT2D eigenvalue weighted by Gasteiger charge is -2.17. The number of hydrogen-bond acceptors (Lipinski definition) is 4. The minimum Gasteiger partial charge on any atom is -0.497 e. The summed E-state index contributed by atoms with van der Waals surface area (Å²) >= 11 is 0. The highest BCUT2D eigenvalue weighted by molar-refractivity contribution is 6.12. The van der Waals surface area contributed by atoms with Crippen molar-refractivity contribution in [1.82, 2.24) is 0 Å². The van der Waals surface area contributed by atoms with Gasteiger partial charge in [0, 0.05) is 10.8 Å². The molecule has 4 rings (SSSR count). The average Bonchev–Trinajstić information content (AvgIpc) is 2.73. The lowest BCUT2D eigenvalue weighted by atomic mass is 9.91. The molecule has 140 valence electrons. The fourth-order valence-electron chi connectivity index (χ4n) is 3.60. The number of rotatable bonds is 3. The molecule has 0 heterocycles. The van der Waals surface area contributed by atoms with Gasteiger partial charge in [0.25, 0.3) is 0 Å². The Morgan fingerprint density at radius 1 is 0.857 bits per heavy atom. The van der Waals surface area contributed by atoms with Crippen molar-refractivity contribution in [1.29, 1.82) is 0 Å². The summed E-state index contributed by atoms with van der Waals surface area (Å²) in [7, 11) is 2.96. The van der Waals surface area contributed by atoms with Gasteiger partial charge in [-0.2, -0.15) is 0 Å². The van der Waals surface area contributed by atoms with Crippen LogP contribution in [0.4, 0.5) is 4.79 Å². The highest BCUT2D eigenvalue weighted by Crippen LogP contribution is 2.43. The van der Waals surface area contributed by atoms with Gasteiger partial charge in [-0.15, -0.1) is 0 Å². The van der Waals surface area contributed by atoms with Crippen LogP contribution in [0.1, 0.15) is 5.56 Å². The van der Waals surface area contributed by atoms with Crippen LogP contribution in [0, 0.1) is 6.92 Å². The zero-order chi connectivity index (χ0) is 19.7. The number of hydrogen-bond donors (Lipinski definition) is 0. The zero-order valence-electron chi connectivity index (χ0n) is 16.0. The summed E-state index contributed by atoms with van der Waals surface area (Å²) in [6, 6.07) is 22.0. The number of fused-ring (bicyclic) bond motifs is 2. The molecule has 0 aromatic heterocycles. The predicted molar refractivity (Wildman–Crippen MR) is 111 cm³/mol. The molecule has 28 heavy (non-hydrogen) atoms. The molecule has 4 heteroatoms. The molecule has 4 aromatic rings. The molecule has 0 saturated heterocycles. The summed E-state index contributed by atoms with van der Waals surface area (Å²) in [5.41, 5.74) is 3.07.